The number of carboxylic acids is 1. The van der Waals surface area contributed by atoms with Crippen molar-refractivity contribution in [1.29, 1.82) is 0 Å². The Balaban J connectivity index is 1.87. The SMILES string of the molecule is O=C(O)C1CCN(C(=O)N2CCC(F)(F)CC2)c2cc(F)ccc21. The number of carbonyl (C=O) groups excluding carboxylic acids is 1. The van der Waals surface area contributed by atoms with Crippen LogP contribution in [0, 0.1) is 5.82 Å². The molecule has 0 spiro atoms. The Morgan fingerprint density at radius 3 is 2.46 bits per heavy atom. The fraction of sp³-hybridized carbons (Fsp3) is 0.500. The minimum absolute atomic E-state index is 0.0741. The fourth-order valence-corrected chi connectivity index (χ4v) is 3.23. The van der Waals surface area contributed by atoms with Crippen LogP contribution in [0.2, 0.25) is 0 Å². The number of halogens is 3. The molecule has 24 heavy (non-hydrogen) atoms. The van der Waals surface area contributed by atoms with E-state index >= 15 is 0 Å². The third-order valence-electron chi connectivity index (χ3n) is 4.59. The zero-order valence-electron chi connectivity index (χ0n) is 12.8. The Hall–Kier alpha value is -2.25. The smallest absolute Gasteiger partial charge is 0.324 e. The summed E-state index contributed by atoms with van der Waals surface area (Å²) in [5.41, 5.74) is 0.571. The van der Waals surface area contributed by atoms with Gasteiger partial charge in [0.05, 0.1) is 11.6 Å². The number of amides is 2. The molecule has 2 aliphatic heterocycles. The molecule has 2 amide bonds. The van der Waals surface area contributed by atoms with E-state index in [1.165, 1.54) is 15.9 Å². The first-order valence-corrected chi connectivity index (χ1v) is 7.75. The molecule has 3 rings (SSSR count). The van der Waals surface area contributed by atoms with Gasteiger partial charge in [0.25, 0.3) is 5.92 Å². The van der Waals surface area contributed by atoms with Gasteiger partial charge in [0.1, 0.15) is 5.82 Å². The van der Waals surface area contributed by atoms with Crippen molar-refractivity contribution in [2.45, 2.75) is 31.1 Å². The monoisotopic (exact) mass is 342 g/mol. The van der Waals surface area contributed by atoms with Crippen molar-refractivity contribution >= 4 is 17.7 Å². The van der Waals surface area contributed by atoms with Crippen LogP contribution in [0.15, 0.2) is 18.2 Å². The highest BCUT2D eigenvalue weighted by molar-refractivity contribution is 5.95. The number of carbonyl (C=O) groups is 2. The first kappa shape index (κ1) is 16.6. The maximum absolute atomic E-state index is 13.6. The van der Waals surface area contributed by atoms with Gasteiger partial charge in [-0.1, -0.05) is 6.07 Å². The summed E-state index contributed by atoms with van der Waals surface area (Å²) in [5, 5.41) is 9.29. The summed E-state index contributed by atoms with van der Waals surface area (Å²) in [6.45, 7) is -0.0379. The van der Waals surface area contributed by atoms with Gasteiger partial charge in [-0.25, -0.2) is 18.0 Å². The molecule has 130 valence electrons. The number of urea groups is 1. The topological polar surface area (TPSA) is 60.9 Å². The van der Waals surface area contributed by atoms with Gasteiger partial charge in [-0.05, 0) is 24.1 Å². The van der Waals surface area contributed by atoms with Crippen LogP contribution in [-0.2, 0) is 4.79 Å². The lowest BCUT2D eigenvalue weighted by Gasteiger charge is -2.38. The van der Waals surface area contributed by atoms with Crippen LogP contribution in [-0.4, -0.2) is 47.6 Å². The fourth-order valence-electron chi connectivity index (χ4n) is 3.23. The molecule has 1 N–H and O–H groups in total. The van der Waals surface area contributed by atoms with Crippen LogP contribution < -0.4 is 4.90 Å². The van der Waals surface area contributed by atoms with E-state index in [0.717, 1.165) is 12.1 Å². The molecule has 1 unspecified atom stereocenters. The molecule has 2 aliphatic rings. The average molecular weight is 342 g/mol. The summed E-state index contributed by atoms with van der Waals surface area (Å²) in [4.78, 5) is 26.6. The summed E-state index contributed by atoms with van der Waals surface area (Å²) in [6.07, 6.45) is -0.607. The Morgan fingerprint density at radius 2 is 1.83 bits per heavy atom. The van der Waals surface area contributed by atoms with Gasteiger partial charge in [0.2, 0.25) is 0 Å². The minimum Gasteiger partial charge on any atom is -0.481 e. The number of aliphatic carboxylic acids is 1. The molecule has 0 radical (unpaired) electrons. The van der Waals surface area contributed by atoms with Crippen molar-refractivity contribution in [1.82, 2.24) is 4.90 Å². The van der Waals surface area contributed by atoms with Gasteiger partial charge in [-0.2, -0.15) is 0 Å². The van der Waals surface area contributed by atoms with Crippen molar-refractivity contribution < 1.29 is 27.9 Å². The number of hydrogen-bond donors (Lipinski definition) is 1. The molecule has 8 heteroatoms. The third kappa shape index (κ3) is 3.05. The molecule has 0 aromatic heterocycles. The molecule has 1 fully saturated rings. The molecule has 1 saturated heterocycles. The molecule has 1 atom stereocenters. The van der Waals surface area contributed by atoms with E-state index in [0.29, 0.717) is 5.56 Å². The van der Waals surface area contributed by atoms with E-state index in [9.17, 15) is 27.9 Å². The standard InChI is InChI=1S/C16H17F3N2O3/c17-10-1-2-11-12(14(22)23)3-6-21(13(11)9-10)15(24)20-7-4-16(18,19)5-8-20/h1-2,9,12H,3-8H2,(H,22,23). The van der Waals surface area contributed by atoms with Crippen molar-refractivity contribution in [2.24, 2.45) is 0 Å². The van der Waals surface area contributed by atoms with Crippen LogP contribution in [0.25, 0.3) is 0 Å². The van der Waals surface area contributed by atoms with E-state index < -0.39 is 42.5 Å². The predicted molar refractivity (Wildman–Crippen MR) is 79.9 cm³/mol. The quantitative estimate of drug-likeness (QED) is 0.853. The van der Waals surface area contributed by atoms with Crippen molar-refractivity contribution in [3.63, 3.8) is 0 Å². The van der Waals surface area contributed by atoms with E-state index in [2.05, 4.69) is 0 Å². The van der Waals surface area contributed by atoms with Gasteiger partial charge in [-0.15, -0.1) is 0 Å². The van der Waals surface area contributed by atoms with Gasteiger partial charge in [-0.3, -0.25) is 9.69 Å². The Bertz CT molecular complexity index is 671. The second kappa shape index (κ2) is 5.99. The number of piperidine rings is 1. The van der Waals surface area contributed by atoms with Gasteiger partial charge in [0, 0.05) is 32.5 Å². The lowest BCUT2D eigenvalue weighted by Crippen LogP contribution is -2.50. The normalized spacial score (nSPS) is 22.9. The van der Waals surface area contributed by atoms with E-state index in [1.54, 1.807) is 0 Å². The number of alkyl halides is 2. The lowest BCUT2D eigenvalue weighted by molar-refractivity contribution is -0.139. The van der Waals surface area contributed by atoms with Crippen LogP contribution in [0.3, 0.4) is 0 Å². The Kier molecular flexibility index (Phi) is 4.15. The van der Waals surface area contributed by atoms with Crippen LogP contribution >= 0.6 is 0 Å². The molecule has 0 aliphatic carbocycles. The summed E-state index contributed by atoms with van der Waals surface area (Å²) in [6, 6.07) is 3.17. The maximum Gasteiger partial charge on any atom is 0.324 e. The van der Waals surface area contributed by atoms with Crippen LogP contribution in [0.1, 0.15) is 30.7 Å². The molecular formula is C16H17F3N2O3. The molecule has 0 bridgehead atoms. The van der Waals surface area contributed by atoms with Crippen LogP contribution in [0.4, 0.5) is 23.7 Å². The first-order chi connectivity index (χ1) is 11.3. The summed E-state index contributed by atoms with van der Waals surface area (Å²) < 4.78 is 40.1. The lowest BCUT2D eigenvalue weighted by atomic mass is 9.90. The highest BCUT2D eigenvalue weighted by Crippen LogP contribution is 2.37. The second-order valence-corrected chi connectivity index (χ2v) is 6.16. The van der Waals surface area contributed by atoms with Crippen molar-refractivity contribution in [3.8, 4) is 0 Å². The third-order valence-corrected chi connectivity index (χ3v) is 4.59. The number of nitrogens with zero attached hydrogens (tertiary/aromatic N) is 2. The van der Waals surface area contributed by atoms with Gasteiger partial charge >= 0.3 is 12.0 Å². The number of benzene rings is 1. The number of carboxylic acid groups (broad SMARTS) is 1. The largest absolute Gasteiger partial charge is 0.481 e. The summed E-state index contributed by atoms with van der Waals surface area (Å²) in [5.74, 6) is -5.19. The zero-order valence-corrected chi connectivity index (χ0v) is 12.8. The van der Waals surface area contributed by atoms with E-state index in [1.807, 2.05) is 0 Å². The molecule has 0 saturated carbocycles. The van der Waals surface area contributed by atoms with E-state index in [4.69, 9.17) is 0 Å². The van der Waals surface area contributed by atoms with Crippen LogP contribution in [0.5, 0.6) is 0 Å². The number of hydrogen-bond acceptors (Lipinski definition) is 2. The highest BCUT2D eigenvalue weighted by atomic mass is 19.3. The van der Waals surface area contributed by atoms with Gasteiger partial charge in [0.15, 0.2) is 0 Å². The number of likely N-dealkylation sites (tertiary alicyclic amines) is 1. The number of rotatable bonds is 1. The number of fused-ring (bicyclic) bond motifs is 1. The van der Waals surface area contributed by atoms with E-state index in [-0.39, 0.29) is 31.7 Å². The van der Waals surface area contributed by atoms with Crippen molar-refractivity contribution in [3.05, 3.63) is 29.6 Å². The molecule has 1 aromatic carbocycles. The highest BCUT2D eigenvalue weighted by Gasteiger charge is 2.39. The summed E-state index contributed by atoms with van der Waals surface area (Å²) >= 11 is 0. The maximum atomic E-state index is 13.6. The molecular weight excluding hydrogens is 325 g/mol. The number of anilines is 1. The summed E-state index contributed by atoms with van der Waals surface area (Å²) in [7, 11) is 0. The first-order valence-electron chi connectivity index (χ1n) is 7.75. The van der Waals surface area contributed by atoms with Gasteiger partial charge < -0.3 is 10.0 Å². The Morgan fingerprint density at radius 1 is 1.17 bits per heavy atom. The molecule has 5 nitrogen and oxygen atoms in total. The minimum atomic E-state index is -2.77. The predicted octanol–water partition coefficient (Wildman–Crippen LogP) is 3.06. The molecule has 2 heterocycles. The Labute approximate surface area is 136 Å². The second-order valence-electron chi connectivity index (χ2n) is 6.16. The molecule has 1 aromatic rings. The average Bonchev–Trinajstić information content (AvgIpc) is 2.52. The van der Waals surface area contributed by atoms with Crippen molar-refractivity contribution in [2.75, 3.05) is 24.5 Å². The zero-order chi connectivity index (χ0) is 17.5.